The van der Waals surface area contributed by atoms with Gasteiger partial charge in [0.25, 0.3) is 0 Å². The van der Waals surface area contributed by atoms with Crippen LogP contribution in [0.25, 0.3) is 0 Å². The summed E-state index contributed by atoms with van der Waals surface area (Å²) in [4.78, 5) is 0. The maximum Gasteiger partial charge on any atom is 0.194 e. The second kappa shape index (κ2) is 8.10. The minimum Gasteiger partial charge on any atom is -0.380 e. The highest BCUT2D eigenvalue weighted by Crippen LogP contribution is 2.31. The van der Waals surface area contributed by atoms with Crippen LogP contribution >= 0.6 is 24.0 Å². The molecule has 0 aliphatic carbocycles. The first-order valence-corrected chi connectivity index (χ1v) is 7.82. The Balaban J connectivity index is 0.00000208. The van der Waals surface area contributed by atoms with Crippen molar-refractivity contribution in [1.29, 1.82) is 0 Å². The Labute approximate surface area is 149 Å². The number of hydrogen-bond donors (Lipinski definition) is 2. The third kappa shape index (κ3) is 3.97. The van der Waals surface area contributed by atoms with E-state index in [1.165, 1.54) is 5.56 Å². The largest absolute Gasteiger partial charge is 0.380 e. The summed E-state index contributed by atoms with van der Waals surface area (Å²) in [5, 5.41) is 7.03. The van der Waals surface area contributed by atoms with Gasteiger partial charge in [0.15, 0.2) is 17.5 Å². The van der Waals surface area contributed by atoms with Gasteiger partial charge < -0.3 is 10.6 Å². The Bertz CT molecular complexity index is 715. The minimum absolute atomic E-state index is 0. The SMILES string of the molecule is Cl.Fc1cc(CNc2c(Cl)ccc3c2CCNCC3)cc(F)c1F. The van der Waals surface area contributed by atoms with Crippen LogP contribution in [0.1, 0.15) is 16.7 Å². The first-order valence-electron chi connectivity index (χ1n) is 7.44. The smallest absolute Gasteiger partial charge is 0.194 e. The van der Waals surface area contributed by atoms with E-state index in [0.29, 0.717) is 10.6 Å². The van der Waals surface area contributed by atoms with Gasteiger partial charge in [0.05, 0.1) is 10.7 Å². The van der Waals surface area contributed by atoms with E-state index in [9.17, 15) is 13.2 Å². The van der Waals surface area contributed by atoms with E-state index in [4.69, 9.17) is 11.6 Å². The van der Waals surface area contributed by atoms with Crippen molar-refractivity contribution < 1.29 is 13.2 Å². The number of halogens is 5. The molecule has 2 aromatic carbocycles. The summed E-state index contributed by atoms with van der Waals surface area (Å²) in [6.07, 6.45) is 1.73. The Morgan fingerprint density at radius 2 is 1.71 bits per heavy atom. The lowest BCUT2D eigenvalue weighted by Crippen LogP contribution is -2.16. The Hall–Kier alpha value is -1.43. The lowest BCUT2D eigenvalue weighted by molar-refractivity contribution is 0.445. The normalized spacial score (nSPS) is 13.7. The predicted octanol–water partition coefficient (Wildman–Crippen LogP) is 4.48. The van der Waals surface area contributed by atoms with Crippen molar-refractivity contribution in [2.24, 2.45) is 0 Å². The first kappa shape index (κ1) is 18.9. The molecular formula is C17H17Cl2F3N2. The molecule has 2 nitrogen and oxygen atoms in total. The summed E-state index contributed by atoms with van der Waals surface area (Å²) in [6.45, 7) is 1.92. The van der Waals surface area contributed by atoms with Gasteiger partial charge in [0.2, 0.25) is 0 Å². The van der Waals surface area contributed by atoms with Gasteiger partial charge in [-0.3, -0.25) is 0 Å². The molecule has 1 heterocycles. The molecule has 1 aliphatic rings. The zero-order chi connectivity index (χ0) is 16.4. The maximum atomic E-state index is 13.3. The van der Waals surface area contributed by atoms with Crippen LogP contribution in [-0.2, 0) is 19.4 Å². The lowest BCUT2D eigenvalue weighted by Gasteiger charge is -2.16. The number of fused-ring (bicyclic) bond motifs is 1. The molecule has 0 saturated carbocycles. The van der Waals surface area contributed by atoms with Crippen LogP contribution in [0.15, 0.2) is 24.3 Å². The van der Waals surface area contributed by atoms with E-state index in [1.807, 2.05) is 12.1 Å². The highest BCUT2D eigenvalue weighted by molar-refractivity contribution is 6.33. The molecule has 0 bridgehead atoms. The van der Waals surface area contributed by atoms with Gasteiger partial charge in [0, 0.05) is 6.54 Å². The molecule has 0 amide bonds. The number of rotatable bonds is 3. The van der Waals surface area contributed by atoms with E-state index in [1.54, 1.807) is 0 Å². The van der Waals surface area contributed by atoms with Crippen LogP contribution in [0.2, 0.25) is 5.02 Å². The van der Waals surface area contributed by atoms with E-state index in [-0.39, 0.29) is 19.0 Å². The molecule has 0 unspecified atom stereocenters. The van der Waals surface area contributed by atoms with Crippen LogP contribution in [0.3, 0.4) is 0 Å². The summed E-state index contributed by atoms with van der Waals surface area (Å²) in [5.41, 5.74) is 3.42. The summed E-state index contributed by atoms with van der Waals surface area (Å²) in [7, 11) is 0. The lowest BCUT2D eigenvalue weighted by atomic mass is 10.0. The molecule has 130 valence electrons. The van der Waals surface area contributed by atoms with Gasteiger partial charge in [-0.1, -0.05) is 17.7 Å². The molecule has 0 aromatic heterocycles. The number of nitrogens with one attached hydrogen (secondary N) is 2. The summed E-state index contributed by atoms with van der Waals surface area (Å²) in [5.74, 6) is -3.83. The molecule has 3 rings (SSSR count). The van der Waals surface area contributed by atoms with Crippen molar-refractivity contribution in [3.8, 4) is 0 Å². The molecule has 0 spiro atoms. The second-order valence-electron chi connectivity index (χ2n) is 5.54. The molecule has 1 aliphatic heterocycles. The van der Waals surface area contributed by atoms with Gasteiger partial charge in [0.1, 0.15) is 0 Å². The van der Waals surface area contributed by atoms with Crippen LogP contribution < -0.4 is 10.6 Å². The summed E-state index contributed by atoms with van der Waals surface area (Å²) in [6, 6.07) is 5.80. The van der Waals surface area contributed by atoms with Gasteiger partial charge >= 0.3 is 0 Å². The van der Waals surface area contributed by atoms with Crippen molar-refractivity contribution in [3.63, 3.8) is 0 Å². The van der Waals surface area contributed by atoms with Crippen molar-refractivity contribution in [1.82, 2.24) is 5.32 Å². The van der Waals surface area contributed by atoms with Gasteiger partial charge in [-0.2, -0.15) is 0 Å². The third-order valence-corrected chi connectivity index (χ3v) is 4.31. The van der Waals surface area contributed by atoms with Crippen molar-refractivity contribution in [2.75, 3.05) is 18.4 Å². The fourth-order valence-electron chi connectivity index (χ4n) is 2.84. The third-order valence-electron chi connectivity index (χ3n) is 3.99. The highest BCUT2D eigenvalue weighted by atomic mass is 35.5. The monoisotopic (exact) mass is 376 g/mol. The van der Waals surface area contributed by atoms with Crippen LogP contribution in [0, 0.1) is 17.5 Å². The van der Waals surface area contributed by atoms with E-state index >= 15 is 0 Å². The molecule has 2 aromatic rings. The first-order chi connectivity index (χ1) is 11.1. The number of benzene rings is 2. The Morgan fingerprint density at radius 1 is 1.04 bits per heavy atom. The van der Waals surface area contributed by atoms with Crippen LogP contribution in [0.5, 0.6) is 0 Å². The Kier molecular flexibility index (Phi) is 6.38. The van der Waals surface area contributed by atoms with Crippen molar-refractivity contribution >= 4 is 29.7 Å². The molecule has 0 fully saturated rings. The number of anilines is 1. The average molecular weight is 377 g/mol. The van der Waals surface area contributed by atoms with Crippen LogP contribution in [0.4, 0.5) is 18.9 Å². The quantitative estimate of drug-likeness (QED) is 0.771. The topological polar surface area (TPSA) is 24.1 Å². The van der Waals surface area contributed by atoms with Crippen LogP contribution in [-0.4, -0.2) is 13.1 Å². The van der Waals surface area contributed by atoms with Gasteiger partial charge in [-0.15, -0.1) is 12.4 Å². The van der Waals surface area contributed by atoms with Gasteiger partial charge in [-0.05, 0) is 60.8 Å². The van der Waals surface area contributed by atoms with E-state index < -0.39 is 17.5 Å². The summed E-state index contributed by atoms with van der Waals surface area (Å²) < 4.78 is 39.6. The number of hydrogen-bond acceptors (Lipinski definition) is 2. The standard InChI is InChI=1S/C17H16ClF3N2.ClH/c18-13-2-1-11-3-5-22-6-4-12(11)17(13)23-9-10-7-14(19)16(21)15(20)8-10;/h1-2,7-8,22-23H,3-6,9H2;1H. The molecule has 0 radical (unpaired) electrons. The Morgan fingerprint density at radius 3 is 2.42 bits per heavy atom. The second-order valence-corrected chi connectivity index (χ2v) is 5.94. The fraction of sp³-hybridized carbons (Fsp3) is 0.294. The van der Waals surface area contributed by atoms with Crippen molar-refractivity contribution in [2.45, 2.75) is 19.4 Å². The molecular weight excluding hydrogens is 360 g/mol. The molecule has 2 N–H and O–H groups in total. The van der Waals surface area contributed by atoms with Crippen molar-refractivity contribution in [3.05, 3.63) is 63.4 Å². The van der Waals surface area contributed by atoms with E-state index in [0.717, 1.165) is 49.3 Å². The maximum absolute atomic E-state index is 13.3. The molecule has 24 heavy (non-hydrogen) atoms. The zero-order valence-electron chi connectivity index (χ0n) is 12.8. The summed E-state index contributed by atoms with van der Waals surface area (Å²) >= 11 is 6.28. The molecule has 0 atom stereocenters. The molecule has 0 saturated heterocycles. The van der Waals surface area contributed by atoms with Gasteiger partial charge in [-0.25, -0.2) is 13.2 Å². The van der Waals surface area contributed by atoms with E-state index in [2.05, 4.69) is 10.6 Å². The zero-order valence-corrected chi connectivity index (χ0v) is 14.3. The molecule has 7 heteroatoms. The predicted molar refractivity (Wildman–Crippen MR) is 92.6 cm³/mol. The fourth-order valence-corrected chi connectivity index (χ4v) is 3.08. The average Bonchev–Trinajstić information content (AvgIpc) is 2.77. The minimum atomic E-state index is -1.45. The highest BCUT2D eigenvalue weighted by Gasteiger charge is 2.15.